The highest BCUT2D eigenvalue weighted by molar-refractivity contribution is 6.32. The highest BCUT2D eigenvalue weighted by Gasteiger charge is 2.32. The first-order chi connectivity index (χ1) is 11.6. The summed E-state index contributed by atoms with van der Waals surface area (Å²) in [5.41, 5.74) is 0.731. The first kappa shape index (κ1) is 16.9. The minimum atomic E-state index is -0.317. The number of aliphatic hydroxyl groups excluding tert-OH is 1. The molecule has 1 fully saturated rings. The SMILES string of the molecule is CCC(CCO)NC(=O)c1nc(C2CC2)n(-c2ccccc2Cl)n1. The van der Waals surface area contributed by atoms with Crippen LogP contribution in [0.15, 0.2) is 24.3 Å². The number of rotatable bonds is 7. The number of hydrogen-bond acceptors (Lipinski definition) is 4. The van der Waals surface area contributed by atoms with Gasteiger partial charge in [0.2, 0.25) is 5.82 Å². The number of carbonyl (C=O) groups is 1. The van der Waals surface area contributed by atoms with E-state index >= 15 is 0 Å². The molecule has 1 unspecified atom stereocenters. The molecule has 0 bridgehead atoms. The summed E-state index contributed by atoms with van der Waals surface area (Å²) in [6, 6.07) is 7.31. The summed E-state index contributed by atoms with van der Waals surface area (Å²) < 4.78 is 1.68. The highest BCUT2D eigenvalue weighted by Crippen LogP contribution is 2.40. The van der Waals surface area contributed by atoms with Gasteiger partial charge in [-0.3, -0.25) is 4.79 Å². The Hall–Kier alpha value is -1.92. The molecule has 1 aromatic carbocycles. The zero-order valence-electron chi connectivity index (χ0n) is 13.6. The van der Waals surface area contributed by atoms with Crippen LogP contribution in [0, 0.1) is 0 Å². The van der Waals surface area contributed by atoms with E-state index in [1.54, 1.807) is 10.7 Å². The lowest BCUT2D eigenvalue weighted by atomic mass is 10.1. The molecular weight excluding hydrogens is 328 g/mol. The summed E-state index contributed by atoms with van der Waals surface area (Å²) in [4.78, 5) is 16.9. The number of amides is 1. The van der Waals surface area contributed by atoms with Gasteiger partial charge >= 0.3 is 0 Å². The third-order valence-electron chi connectivity index (χ3n) is 4.16. The van der Waals surface area contributed by atoms with Gasteiger partial charge in [-0.2, -0.15) is 0 Å². The van der Waals surface area contributed by atoms with E-state index in [0.29, 0.717) is 17.4 Å². The number of aliphatic hydroxyl groups is 1. The average Bonchev–Trinajstić information content (AvgIpc) is 3.33. The van der Waals surface area contributed by atoms with E-state index in [1.807, 2.05) is 25.1 Å². The second-order valence-corrected chi connectivity index (χ2v) is 6.43. The fourth-order valence-electron chi connectivity index (χ4n) is 2.61. The summed E-state index contributed by atoms with van der Waals surface area (Å²) >= 11 is 6.28. The fraction of sp³-hybridized carbons (Fsp3) is 0.471. The Morgan fingerprint density at radius 2 is 2.21 bits per heavy atom. The molecule has 1 amide bonds. The Morgan fingerprint density at radius 3 is 2.83 bits per heavy atom. The van der Waals surface area contributed by atoms with Gasteiger partial charge in [0, 0.05) is 18.6 Å². The van der Waals surface area contributed by atoms with Gasteiger partial charge in [0.25, 0.3) is 5.91 Å². The predicted octanol–water partition coefficient (Wildman–Crippen LogP) is 2.69. The third-order valence-corrected chi connectivity index (χ3v) is 4.48. The molecule has 1 aliphatic carbocycles. The van der Waals surface area contributed by atoms with Crippen LogP contribution in [0.25, 0.3) is 5.69 Å². The van der Waals surface area contributed by atoms with E-state index in [2.05, 4.69) is 15.4 Å². The maximum Gasteiger partial charge on any atom is 0.291 e. The van der Waals surface area contributed by atoms with E-state index < -0.39 is 0 Å². The number of hydrogen-bond donors (Lipinski definition) is 2. The van der Waals surface area contributed by atoms with E-state index in [9.17, 15) is 4.79 Å². The summed E-state index contributed by atoms with van der Waals surface area (Å²) in [6.07, 6.45) is 3.36. The van der Waals surface area contributed by atoms with Crippen LogP contribution in [-0.4, -0.2) is 38.4 Å². The molecule has 0 saturated heterocycles. The van der Waals surface area contributed by atoms with Crippen molar-refractivity contribution < 1.29 is 9.90 Å². The van der Waals surface area contributed by atoms with Crippen LogP contribution >= 0.6 is 11.6 Å². The smallest absolute Gasteiger partial charge is 0.291 e. The van der Waals surface area contributed by atoms with Gasteiger partial charge < -0.3 is 10.4 Å². The lowest BCUT2D eigenvalue weighted by Gasteiger charge is -2.13. The number of aromatic nitrogens is 3. The molecule has 2 N–H and O–H groups in total. The molecule has 0 aliphatic heterocycles. The molecule has 0 spiro atoms. The molecule has 0 radical (unpaired) electrons. The number of para-hydroxylation sites is 1. The maximum atomic E-state index is 12.4. The average molecular weight is 349 g/mol. The van der Waals surface area contributed by atoms with Crippen molar-refractivity contribution >= 4 is 17.5 Å². The third kappa shape index (κ3) is 3.60. The molecule has 24 heavy (non-hydrogen) atoms. The quantitative estimate of drug-likeness (QED) is 0.806. The summed E-state index contributed by atoms with van der Waals surface area (Å²) in [6.45, 7) is 2.00. The van der Waals surface area contributed by atoms with Crippen molar-refractivity contribution in [3.05, 3.63) is 40.9 Å². The number of nitrogens with zero attached hydrogens (tertiary/aromatic N) is 3. The minimum absolute atomic E-state index is 0.0353. The van der Waals surface area contributed by atoms with Crippen molar-refractivity contribution in [1.29, 1.82) is 0 Å². The monoisotopic (exact) mass is 348 g/mol. The largest absolute Gasteiger partial charge is 0.396 e. The molecule has 1 atom stereocenters. The zero-order chi connectivity index (χ0) is 17.1. The molecule has 1 aliphatic rings. The molecule has 1 heterocycles. The standard InChI is InChI=1S/C17H21ClN4O2/c1-2-12(9-10-23)19-17(24)15-20-16(11-7-8-11)22(21-15)14-6-4-3-5-13(14)18/h3-6,11-12,23H,2,7-10H2,1H3,(H,19,24). The van der Waals surface area contributed by atoms with Crippen molar-refractivity contribution in [1.82, 2.24) is 20.1 Å². The second kappa shape index (κ2) is 7.32. The summed E-state index contributed by atoms with van der Waals surface area (Å²) in [7, 11) is 0. The molecule has 3 rings (SSSR count). The van der Waals surface area contributed by atoms with Gasteiger partial charge in [-0.15, -0.1) is 5.10 Å². The zero-order valence-corrected chi connectivity index (χ0v) is 14.3. The van der Waals surface area contributed by atoms with Crippen molar-refractivity contribution in [2.24, 2.45) is 0 Å². The van der Waals surface area contributed by atoms with Gasteiger partial charge in [0.1, 0.15) is 5.82 Å². The van der Waals surface area contributed by atoms with Crippen LogP contribution in [0.1, 0.15) is 55.0 Å². The Balaban J connectivity index is 1.89. The number of nitrogens with one attached hydrogen (secondary N) is 1. The first-order valence-electron chi connectivity index (χ1n) is 8.27. The van der Waals surface area contributed by atoms with Gasteiger partial charge in [-0.05, 0) is 37.8 Å². The topological polar surface area (TPSA) is 80.0 Å². The fourth-order valence-corrected chi connectivity index (χ4v) is 2.83. The highest BCUT2D eigenvalue weighted by atomic mass is 35.5. The molecule has 7 heteroatoms. The lowest BCUT2D eigenvalue weighted by Crippen LogP contribution is -2.35. The molecule has 128 valence electrons. The predicted molar refractivity (Wildman–Crippen MR) is 91.6 cm³/mol. The van der Waals surface area contributed by atoms with Crippen LogP contribution in [0.4, 0.5) is 0 Å². The van der Waals surface area contributed by atoms with Gasteiger partial charge in [0.05, 0.1) is 10.7 Å². The van der Waals surface area contributed by atoms with E-state index in [-0.39, 0.29) is 24.4 Å². The van der Waals surface area contributed by atoms with Crippen LogP contribution in [0.5, 0.6) is 0 Å². The summed E-state index contributed by atoms with van der Waals surface area (Å²) in [5, 5.41) is 16.9. The van der Waals surface area contributed by atoms with Crippen LogP contribution < -0.4 is 5.32 Å². The molecular formula is C17H21ClN4O2. The van der Waals surface area contributed by atoms with Crippen molar-refractivity contribution in [3.8, 4) is 5.69 Å². The maximum absolute atomic E-state index is 12.4. The minimum Gasteiger partial charge on any atom is -0.396 e. The van der Waals surface area contributed by atoms with Crippen molar-refractivity contribution in [2.75, 3.05) is 6.61 Å². The normalized spacial score (nSPS) is 15.3. The van der Waals surface area contributed by atoms with Crippen molar-refractivity contribution in [2.45, 2.75) is 44.6 Å². The Labute approximate surface area is 145 Å². The first-order valence-corrected chi connectivity index (χ1v) is 8.65. The van der Waals surface area contributed by atoms with Gasteiger partial charge in [-0.1, -0.05) is 30.7 Å². The van der Waals surface area contributed by atoms with Crippen LogP contribution in [0.2, 0.25) is 5.02 Å². The van der Waals surface area contributed by atoms with Crippen LogP contribution in [0.3, 0.4) is 0 Å². The summed E-state index contributed by atoms with van der Waals surface area (Å²) in [5.74, 6) is 0.939. The van der Waals surface area contributed by atoms with E-state index in [0.717, 1.165) is 30.8 Å². The molecule has 1 aromatic heterocycles. The lowest BCUT2D eigenvalue weighted by molar-refractivity contribution is 0.0918. The van der Waals surface area contributed by atoms with Gasteiger partial charge in [0.15, 0.2) is 0 Å². The Kier molecular flexibility index (Phi) is 5.16. The Morgan fingerprint density at radius 1 is 1.46 bits per heavy atom. The Bertz CT molecular complexity index is 727. The van der Waals surface area contributed by atoms with Gasteiger partial charge in [-0.25, -0.2) is 9.67 Å². The number of halogens is 1. The molecule has 1 saturated carbocycles. The molecule has 2 aromatic rings. The second-order valence-electron chi connectivity index (χ2n) is 6.02. The molecule has 6 nitrogen and oxygen atoms in total. The number of benzene rings is 1. The van der Waals surface area contributed by atoms with Crippen LogP contribution in [-0.2, 0) is 0 Å². The van der Waals surface area contributed by atoms with Crippen molar-refractivity contribution in [3.63, 3.8) is 0 Å². The van der Waals surface area contributed by atoms with E-state index in [1.165, 1.54) is 0 Å². The van der Waals surface area contributed by atoms with E-state index in [4.69, 9.17) is 16.7 Å². The number of carbonyl (C=O) groups excluding carboxylic acids is 1.